The van der Waals surface area contributed by atoms with Gasteiger partial charge in [0.2, 0.25) is 0 Å². The Hall–Kier alpha value is -2.22. The monoisotopic (exact) mass is 345 g/mol. The summed E-state index contributed by atoms with van der Waals surface area (Å²) in [6.45, 7) is 2.38. The van der Waals surface area contributed by atoms with Crippen LogP contribution in [0, 0.1) is 29.6 Å². The minimum Gasteiger partial charge on any atom is -0.465 e. The lowest BCUT2D eigenvalue weighted by molar-refractivity contribution is 0.554. The van der Waals surface area contributed by atoms with Crippen molar-refractivity contribution in [3.05, 3.63) is 43.2 Å². The molecule has 2 heterocycles. The van der Waals surface area contributed by atoms with Crippen molar-refractivity contribution < 1.29 is 4.42 Å². The number of aryl methyl sites for hydroxylation is 1. The molecule has 5 nitrogen and oxygen atoms in total. The highest BCUT2D eigenvalue weighted by molar-refractivity contribution is 7.98. The van der Waals surface area contributed by atoms with Crippen LogP contribution in [0.1, 0.15) is 17.7 Å². The smallest absolute Gasteiger partial charge is 0.269 e. The van der Waals surface area contributed by atoms with Crippen LogP contribution in [0.3, 0.4) is 0 Å². The first-order chi connectivity index (χ1) is 11.1. The fraction of sp³-hybridized carbons (Fsp3) is 0.312. The molecule has 0 fully saturated rings. The Morgan fingerprint density at radius 1 is 1.48 bits per heavy atom. The third-order valence-corrected chi connectivity index (χ3v) is 5.07. The zero-order valence-electron chi connectivity index (χ0n) is 12.8. The second-order valence-electron chi connectivity index (χ2n) is 4.79. The second-order valence-corrected chi connectivity index (χ2v) is 6.80. The zero-order valence-corrected chi connectivity index (χ0v) is 14.5. The summed E-state index contributed by atoms with van der Waals surface area (Å²) in [7, 11) is 0. The number of thioether (sulfide) groups is 1. The molecule has 0 saturated heterocycles. The van der Waals surface area contributed by atoms with Gasteiger partial charge in [-0.3, -0.25) is 9.36 Å². The fourth-order valence-corrected chi connectivity index (χ4v) is 3.51. The second kappa shape index (κ2) is 7.87. The highest BCUT2D eigenvalue weighted by Gasteiger charge is 2.10. The van der Waals surface area contributed by atoms with Gasteiger partial charge < -0.3 is 4.42 Å². The van der Waals surface area contributed by atoms with E-state index in [0.29, 0.717) is 21.5 Å². The summed E-state index contributed by atoms with van der Waals surface area (Å²) < 4.78 is 7.74. The van der Waals surface area contributed by atoms with E-state index in [9.17, 15) is 4.79 Å². The van der Waals surface area contributed by atoms with Gasteiger partial charge in [0.05, 0.1) is 10.8 Å². The summed E-state index contributed by atoms with van der Waals surface area (Å²) >= 11 is 2.85. The molecule has 2 aromatic heterocycles. The number of nitrogens with zero attached hydrogens (tertiary/aromatic N) is 3. The van der Waals surface area contributed by atoms with E-state index in [1.165, 1.54) is 4.57 Å². The molecule has 0 aliphatic rings. The first kappa shape index (κ1) is 17.1. The molecule has 118 valence electrons. The zero-order chi connectivity index (χ0) is 16.8. The van der Waals surface area contributed by atoms with E-state index >= 15 is 0 Å². The number of hydrogen-bond acceptors (Lipinski definition) is 6. The van der Waals surface area contributed by atoms with E-state index in [2.05, 4.69) is 0 Å². The Balaban J connectivity index is 2.67. The van der Waals surface area contributed by atoms with Gasteiger partial charge in [-0.2, -0.15) is 22.3 Å². The van der Waals surface area contributed by atoms with Crippen LogP contribution in [0.5, 0.6) is 0 Å². The average Bonchev–Trinajstić information content (AvgIpc) is 3.08. The number of aromatic nitrogens is 1. The van der Waals surface area contributed by atoms with Gasteiger partial charge in [-0.05, 0) is 37.0 Å². The molecular weight excluding hydrogens is 330 g/mol. The average molecular weight is 345 g/mol. The quantitative estimate of drug-likeness (QED) is 0.769. The van der Waals surface area contributed by atoms with Crippen LogP contribution in [-0.4, -0.2) is 16.6 Å². The predicted molar refractivity (Wildman–Crippen MR) is 92.5 cm³/mol. The molecule has 23 heavy (non-hydrogen) atoms. The van der Waals surface area contributed by atoms with Gasteiger partial charge in [-0.25, -0.2) is 0 Å². The van der Waals surface area contributed by atoms with Crippen LogP contribution in [-0.2, 0) is 6.54 Å². The molecule has 2 rings (SSSR count). The van der Waals surface area contributed by atoms with Crippen LogP contribution in [0.15, 0.2) is 21.5 Å². The van der Waals surface area contributed by atoms with Crippen LogP contribution in [0.2, 0.25) is 0 Å². The Kier molecular flexibility index (Phi) is 5.86. The third kappa shape index (κ3) is 3.76. The maximum Gasteiger partial charge on any atom is 0.269 e. The molecule has 0 aliphatic carbocycles. The molecule has 0 unspecified atom stereocenters. The van der Waals surface area contributed by atoms with Crippen molar-refractivity contribution in [3.63, 3.8) is 0 Å². The first-order valence-corrected chi connectivity index (χ1v) is 9.12. The number of hydrogen-bond donors (Lipinski definition) is 0. The van der Waals surface area contributed by atoms with Gasteiger partial charge in [-0.1, -0.05) is 0 Å². The van der Waals surface area contributed by atoms with E-state index in [1.807, 2.05) is 31.4 Å². The Morgan fingerprint density at radius 3 is 2.78 bits per heavy atom. The van der Waals surface area contributed by atoms with Gasteiger partial charge >= 0.3 is 0 Å². The van der Waals surface area contributed by atoms with Crippen molar-refractivity contribution in [1.29, 1.82) is 10.5 Å². The van der Waals surface area contributed by atoms with Crippen molar-refractivity contribution in [3.8, 4) is 12.1 Å². The largest absolute Gasteiger partial charge is 0.465 e. The molecule has 0 N–H and O–H groups in total. The van der Waals surface area contributed by atoms with E-state index in [0.717, 1.165) is 29.1 Å². The Bertz CT molecular complexity index is 935. The molecule has 0 radical (unpaired) electrons. The predicted octanol–water partition coefficient (Wildman–Crippen LogP) is 1.59. The van der Waals surface area contributed by atoms with Gasteiger partial charge in [0.15, 0.2) is 5.57 Å². The van der Waals surface area contributed by atoms with Crippen molar-refractivity contribution >= 4 is 34.7 Å². The first-order valence-electron chi connectivity index (χ1n) is 6.91. The van der Waals surface area contributed by atoms with E-state index in [4.69, 9.17) is 14.9 Å². The summed E-state index contributed by atoms with van der Waals surface area (Å²) in [4.78, 5) is 12.6. The summed E-state index contributed by atoms with van der Waals surface area (Å²) in [5.41, 5.74) is 0.704. The molecule has 0 aliphatic heterocycles. The van der Waals surface area contributed by atoms with Crippen LogP contribution >= 0.6 is 23.1 Å². The lowest BCUT2D eigenvalue weighted by atomic mass is 10.3. The van der Waals surface area contributed by atoms with Crippen molar-refractivity contribution in [2.24, 2.45) is 0 Å². The molecule has 7 heteroatoms. The molecule has 0 bridgehead atoms. The van der Waals surface area contributed by atoms with Gasteiger partial charge in [0, 0.05) is 12.6 Å². The minimum atomic E-state index is -0.190. The highest BCUT2D eigenvalue weighted by atomic mass is 32.2. The summed E-state index contributed by atoms with van der Waals surface area (Å²) in [6, 6.07) is 5.57. The molecular formula is C16H15N3O2S2. The normalized spacial score (nSPS) is 11.2. The standard InChI is InChI=1S/C16H15N3O2S2/c1-11-4-6-21-13(11)8-14-15(20)19(5-3-7-22-2)16(23-14)12(9-17)10-18/h4,6,8H,3,5,7H2,1-2H3/b14-8-. The van der Waals surface area contributed by atoms with Gasteiger partial charge in [-0.15, -0.1) is 11.3 Å². The highest BCUT2D eigenvalue weighted by Crippen LogP contribution is 2.08. The number of furan rings is 1. The fourth-order valence-electron chi connectivity index (χ4n) is 2.05. The van der Waals surface area contributed by atoms with Crippen LogP contribution < -0.4 is 14.8 Å². The van der Waals surface area contributed by atoms with E-state index in [-0.39, 0.29) is 11.1 Å². The van der Waals surface area contributed by atoms with Crippen LogP contribution in [0.25, 0.3) is 11.6 Å². The molecule has 0 saturated carbocycles. The lowest BCUT2D eigenvalue weighted by Gasteiger charge is -2.00. The van der Waals surface area contributed by atoms with Crippen molar-refractivity contribution in [1.82, 2.24) is 4.57 Å². The summed E-state index contributed by atoms with van der Waals surface area (Å²) in [5, 5.41) is 18.3. The SMILES string of the molecule is CSCCCn1c(=C(C#N)C#N)s/c(=C\c2occc2C)c1=O. The topological polar surface area (TPSA) is 82.7 Å². The van der Waals surface area contributed by atoms with Crippen LogP contribution in [0.4, 0.5) is 0 Å². The number of thiazole rings is 1. The minimum absolute atomic E-state index is 0.0351. The molecule has 0 amide bonds. The summed E-state index contributed by atoms with van der Waals surface area (Å²) in [5.74, 6) is 1.52. The van der Waals surface area contributed by atoms with Gasteiger partial charge in [0.1, 0.15) is 22.6 Å². The number of rotatable bonds is 5. The van der Waals surface area contributed by atoms with Gasteiger partial charge in [0.25, 0.3) is 5.56 Å². The lowest BCUT2D eigenvalue weighted by Crippen LogP contribution is -2.32. The van der Waals surface area contributed by atoms with Crippen molar-refractivity contribution in [2.45, 2.75) is 19.9 Å². The molecule has 0 atom stereocenters. The van der Waals surface area contributed by atoms with E-state index in [1.54, 1.807) is 24.1 Å². The molecule has 2 aromatic rings. The molecule has 0 spiro atoms. The Morgan fingerprint density at radius 2 is 2.22 bits per heavy atom. The maximum atomic E-state index is 12.6. The molecule has 0 aromatic carbocycles. The summed E-state index contributed by atoms with van der Waals surface area (Å²) in [6.07, 6.45) is 6.03. The van der Waals surface area contributed by atoms with E-state index < -0.39 is 0 Å². The number of nitriles is 2. The maximum absolute atomic E-state index is 12.6. The third-order valence-electron chi connectivity index (χ3n) is 3.24. The van der Waals surface area contributed by atoms with Crippen molar-refractivity contribution in [2.75, 3.05) is 12.0 Å². The Labute approximate surface area is 141 Å².